The molecule has 7 rings (SSSR count). The molecule has 8 nitrogen and oxygen atoms in total. The Labute approximate surface area is 253 Å². The number of aryl methyl sites for hydroxylation is 1. The molecule has 1 N–H and O–H groups in total. The van der Waals surface area contributed by atoms with E-state index < -0.39 is 6.17 Å². The lowest BCUT2D eigenvalue weighted by Crippen LogP contribution is -2.44. The number of aliphatic hydroxyl groups is 1. The number of rotatable bonds is 8. The number of ether oxygens (including phenoxy) is 1. The average Bonchev–Trinajstić information content (AvgIpc) is 3.41. The third-order valence-corrected chi connectivity index (χ3v) is 9.99. The molecule has 2 fully saturated rings. The highest BCUT2D eigenvalue weighted by atomic mass is 32.1. The van der Waals surface area contributed by atoms with Gasteiger partial charge >= 0.3 is 0 Å². The number of hydrogen-bond donors (Lipinski definition) is 1. The fourth-order valence-electron chi connectivity index (χ4n) is 6.58. The standard InChI is InChI=1S/C33H36FN5O3S/c1-19-11-24(34)18-37(15-19)33(41)22-13-27(42-3)31-20(2)30(36-39(31)17-22)32-26(12-21-7-8-21)29-25(5-4-6-28(29)43-32)23-14-35-38(16-23)9-10-40/h4-6,13-14,16-17,19,21,24,40H,7-12,15,18H2,1-3H3/t19-,24-/m1/s1. The van der Waals surface area contributed by atoms with Gasteiger partial charge in [-0.2, -0.15) is 10.2 Å². The first-order valence-electron chi connectivity index (χ1n) is 15.0. The van der Waals surface area contributed by atoms with Crippen molar-refractivity contribution in [3.63, 3.8) is 0 Å². The first-order chi connectivity index (χ1) is 20.8. The smallest absolute Gasteiger partial charge is 0.255 e. The normalized spacial score (nSPS) is 19.0. The van der Waals surface area contributed by atoms with Crippen LogP contribution in [0, 0.1) is 18.8 Å². The Morgan fingerprint density at radius 1 is 1.23 bits per heavy atom. The van der Waals surface area contributed by atoms with Gasteiger partial charge in [0.1, 0.15) is 23.1 Å². The van der Waals surface area contributed by atoms with Crippen molar-refractivity contribution in [3.05, 3.63) is 59.5 Å². The van der Waals surface area contributed by atoms with Crippen LogP contribution in [0.15, 0.2) is 42.9 Å². The van der Waals surface area contributed by atoms with Crippen molar-refractivity contribution in [2.75, 3.05) is 26.8 Å². The lowest BCUT2D eigenvalue weighted by atomic mass is 9.96. The second kappa shape index (κ2) is 11.1. The summed E-state index contributed by atoms with van der Waals surface area (Å²) in [5.41, 5.74) is 6.60. The van der Waals surface area contributed by atoms with Gasteiger partial charge in [-0.1, -0.05) is 19.1 Å². The lowest BCUT2D eigenvalue weighted by molar-refractivity contribution is 0.0554. The summed E-state index contributed by atoms with van der Waals surface area (Å²) in [5.74, 6) is 1.14. The van der Waals surface area contributed by atoms with Crippen LogP contribution in [0.2, 0.25) is 0 Å². The number of aliphatic hydroxyl groups excluding tert-OH is 1. The van der Waals surface area contributed by atoms with Crippen LogP contribution in [0.4, 0.5) is 4.39 Å². The van der Waals surface area contributed by atoms with Gasteiger partial charge in [-0.05, 0) is 67.7 Å². The van der Waals surface area contributed by atoms with Gasteiger partial charge in [0.05, 0.1) is 43.4 Å². The zero-order chi connectivity index (χ0) is 29.8. The third-order valence-electron chi connectivity index (χ3n) is 8.78. The lowest BCUT2D eigenvalue weighted by Gasteiger charge is -2.33. The Bertz CT molecular complexity index is 1830. The summed E-state index contributed by atoms with van der Waals surface area (Å²) in [5, 5.41) is 20.2. The largest absolute Gasteiger partial charge is 0.494 e. The second-order valence-electron chi connectivity index (χ2n) is 12.2. The van der Waals surface area contributed by atoms with E-state index in [-0.39, 0.29) is 25.0 Å². The number of methoxy groups -OCH3 is 1. The van der Waals surface area contributed by atoms with Gasteiger partial charge in [-0.3, -0.25) is 9.48 Å². The van der Waals surface area contributed by atoms with E-state index in [0.29, 0.717) is 36.7 Å². The van der Waals surface area contributed by atoms with E-state index in [1.54, 1.807) is 44.8 Å². The molecule has 2 aliphatic rings. The summed E-state index contributed by atoms with van der Waals surface area (Å²) in [7, 11) is 1.61. The fraction of sp³-hybridized carbons (Fsp3) is 0.424. The van der Waals surface area contributed by atoms with Crippen molar-refractivity contribution in [1.29, 1.82) is 0 Å². The Hall–Kier alpha value is -3.76. The Kier molecular flexibility index (Phi) is 7.21. The molecule has 1 aliphatic carbocycles. The molecular formula is C33H36FN5O3S. The zero-order valence-corrected chi connectivity index (χ0v) is 25.5. The second-order valence-corrected chi connectivity index (χ2v) is 13.2. The number of fused-ring (bicyclic) bond motifs is 2. The molecule has 0 spiro atoms. The summed E-state index contributed by atoms with van der Waals surface area (Å²) in [6, 6.07) is 8.17. The summed E-state index contributed by atoms with van der Waals surface area (Å²) < 4.78 is 24.9. The minimum atomic E-state index is -1.01. The van der Waals surface area contributed by atoms with Crippen LogP contribution in [0.25, 0.3) is 37.3 Å². The molecule has 224 valence electrons. The molecule has 0 unspecified atom stereocenters. The van der Waals surface area contributed by atoms with E-state index in [0.717, 1.165) is 39.2 Å². The van der Waals surface area contributed by atoms with Gasteiger partial charge in [-0.15, -0.1) is 11.3 Å². The predicted octanol–water partition coefficient (Wildman–Crippen LogP) is 6.16. The monoisotopic (exact) mass is 601 g/mol. The fourth-order valence-corrected chi connectivity index (χ4v) is 7.88. The molecule has 1 saturated carbocycles. The predicted molar refractivity (Wildman–Crippen MR) is 167 cm³/mol. The molecule has 4 aromatic heterocycles. The maximum Gasteiger partial charge on any atom is 0.255 e. The molecule has 2 atom stereocenters. The van der Waals surface area contributed by atoms with E-state index >= 15 is 0 Å². The highest BCUT2D eigenvalue weighted by Gasteiger charge is 2.31. The third kappa shape index (κ3) is 5.10. The number of aromatic nitrogens is 4. The van der Waals surface area contributed by atoms with Crippen LogP contribution in [0.1, 0.15) is 47.7 Å². The summed E-state index contributed by atoms with van der Waals surface area (Å²) in [6.45, 7) is 5.19. The maximum absolute atomic E-state index is 14.3. The Morgan fingerprint density at radius 3 is 2.81 bits per heavy atom. The molecule has 0 bridgehead atoms. The van der Waals surface area contributed by atoms with Crippen LogP contribution in [-0.4, -0.2) is 68.3 Å². The summed E-state index contributed by atoms with van der Waals surface area (Å²) >= 11 is 1.75. The molecule has 1 amide bonds. The number of carbonyl (C=O) groups excluding carboxylic acids is 1. The minimum Gasteiger partial charge on any atom is -0.494 e. The van der Waals surface area contributed by atoms with Gasteiger partial charge in [0, 0.05) is 40.2 Å². The number of alkyl halides is 1. The first kappa shape index (κ1) is 28.0. The first-order valence-corrected chi connectivity index (χ1v) is 15.8. The zero-order valence-electron chi connectivity index (χ0n) is 24.7. The number of halogens is 1. The molecule has 1 aliphatic heterocycles. The van der Waals surface area contributed by atoms with E-state index in [2.05, 4.69) is 30.2 Å². The number of likely N-dealkylation sites (tertiary alicyclic amines) is 1. The number of amides is 1. The van der Waals surface area contributed by atoms with Crippen molar-refractivity contribution >= 4 is 32.8 Å². The van der Waals surface area contributed by atoms with Gasteiger partial charge in [0.25, 0.3) is 5.91 Å². The topological polar surface area (TPSA) is 84.9 Å². The molecule has 0 radical (unpaired) electrons. The van der Waals surface area contributed by atoms with E-state index in [1.165, 1.54) is 28.5 Å². The van der Waals surface area contributed by atoms with Crippen molar-refractivity contribution in [3.8, 4) is 27.4 Å². The number of pyridine rings is 1. The number of carbonyl (C=O) groups is 1. The molecule has 10 heteroatoms. The molecule has 1 aromatic carbocycles. The van der Waals surface area contributed by atoms with Crippen LogP contribution < -0.4 is 4.74 Å². The van der Waals surface area contributed by atoms with Gasteiger partial charge in [0.2, 0.25) is 0 Å². The number of nitrogens with zero attached hydrogens (tertiary/aromatic N) is 5. The Balaban J connectivity index is 1.36. The summed E-state index contributed by atoms with van der Waals surface area (Å²) in [6.07, 6.45) is 8.54. The summed E-state index contributed by atoms with van der Waals surface area (Å²) in [4.78, 5) is 16.3. The molecule has 1 saturated heterocycles. The SMILES string of the molecule is COc1cc(C(=O)N2C[C@H](C)C[C@@H](F)C2)cn2nc(-c3sc4cccc(-c5cnn(CCO)c5)c4c3CC3CC3)c(C)c12. The molecule has 43 heavy (non-hydrogen) atoms. The molecule has 5 aromatic rings. The highest BCUT2D eigenvalue weighted by Crippen LogP contribution is 2.47. The number of benzene rings is 1. The Morgan fingerprint density at radius 2 is 2.07 bits per heavy atom. The van der Waals surface area contributed by atoms with Gasteiger partial charge < -0.3 is 14.7 Å². The van der Waals surface area contributed by atoms with Crippen molar-refractivity contribution in [2.45, 2.75) is 52.2 Å². The van der Waals surface area contributed by atoms with E-state index in [9.17, 15) is 14.3 Å². The quantitative estimate of drug-likeness (QED) is 0.230. The van der Waals surface area contributed by atoms with Crippen molar-refractivity contribution < 1.29 is 19.0 Å². The number of hydrogen-bond acceptors (Lipinski definition) is 6. The van der Waals surface area contributed by atoms with E-state index in [4.69, 9.17) is 9.84 Å². The number of thiophene rings is 1. The van der Waals surface area contributed by atoms with Crippen LogP contribution >= 0.6 is 11.3 Å². The van der Waals surface area contributed by atoms with Crippen molar-refractivity contribution in [2.24, 2.45) is 11.8 Å². The van der Waals surface area contributed by atoms with Crippen molar-refractivity contribution in [1.82, 2.24) is 24.3 Å². The molecular weight excluding hydrogens is 565 g/mol. The minimum absolute atomic E-state index is 0.0400. The van der Waals surface area contributed by atoms with Crippen LogP contribution in [0.5, 0.6) is 5.75 Å². The number of piperidine rings is 1. The van der Waals surface area contributed by atoms with Crippen LogP contribution in [0.3, 0.4) is 0 Å². The molecule has 5 heterocycles. The highest BCUT2D eigenvalue weighted by molar-refractivity contribution is 7.22. The van der Waals surface area contributed by atoms with Crippen LogP contribution in [-0.2, 0) is 13.0 Å². The average molecular weight is 602 g/mol. The maximum atomic E-state index is 14.3. The van der Waals surface area contributed by atoms with Gasteiger partial charge in [0.15, 0.2) is 0 Å². The van der Waals surface area contributed by atoms with Gasteiger partial charge in [-0.25, -0.2) is 8.91 Å². The van der Waals surface area contributed by atoms with E-state index in [1.807, 2.05) is 19.3 Å².